The van der Waals surface area contributed by atoms with Crippen LogP contribution < -0.4 is 10.5 Å². The first-order valence-corrected chi connectivity index (χ1v) is 9.56. The molecule has 0 atom stereocenters. The highest BCUT2D eigenvalue weighted by Crippen LogP contribution is 2.41. The number of para-hydroxylation sites is 1. The number of carbonyl (C=O) groups is 1. The normalized spacial score (nSPS) is 10.9. The molecule has 0 aliphatic rings. The molecule has 0 radical (unpaired) electrons. The van der Waals surface area contributed by atoms with Crippen LogP contribution in [0.1, 0.15) is 10.4 Å². The van der Waals surface area contributed by atoms with E-state index >= 15 is 0 Å². The van der Waals surface area contributed by atoms with Crippen molar-refractivity contribution in [1.29, 1.82) is 0 Å². The van der Waals surface area contributed by atoms with Crippen molar-refractivity contribution < 1.29 is 9.53 Å². The molecular weight excluding hydrogens is 402 g/mol. The van der Waals surface area contributed by atoms with Crippen LogP contribution in [-0.2, 0) is 0 Å². The number of nitrogen functional groups attached to an aromatic ring is 1. The van der Waals surface area contributed by atoms with Gasteiger partial charge in [-0.25, -0.2) is 9.97 Å². The van der Waals surface area contributed by atoms with Crippen LogP contribution in [0, 0.1) is 0 Å². The summed E-state index contributed by atoms with van der Waals surface area (Å²) in [5.41, 5.74) is 9.96. The summed E-state index contributed by atoms with van der Waals surface area (Å²) >= 11 is 6.85. The minimum absolute atomic E-state index is 0.166. The number of halogens is 1. The third-order valence-corrected chi connectivity index (χ3v) is 5.29. The van der Waals surface area contributed by atoms with E-state index in [0.717, 1.165) is 22.3 Å². The maximum absolute atomic E-state index is 12.5. The number of hydrogen-bond acceptors (Lipinski definition) is 5. The highest BCUT2D eigenvalue weighted by Gasteiger charge is 2.19. The second-order valence-electron chi connectivity index (χ2n) is 6.97. The van der Waals surface area contributed by atoms with Crippen molar-refractivity contribution in [2.24, 2.45) is 0 Å². The molecule has 0 spiro atoms. The molecule has 3 N–H and O–H groups in total. The van der Waals surface area contributed by atoms with Gasteiger partial charge in [0.05, 0.1) is 17.7 Å². The number of nitrogens with zero attached hydrogens (tertiary/aromatic N) is 3. The van der Waals surface area contributed by atoms with E-state index in [1.54, 1.807) is 39.7 Å². The number of nitrogens with two attached hydrogens (primary N) is 1. The Morgan fingerprint density at radius 3 is 2.63 bits per heavy atom. The van der Waals surface area contributed by atoms with Gasteiger partial charge in [0, 0.05) is 60.3 Å². The zero-order chi connectivity index (χ0) is 21.4. The molecule has 0 saturated heterocycles. The van der Waals surface area contributed by atoms with Crippen molar-refractivity contribution in [3.63, 3.8) is 0 Å². The van der Waals surface area contributed by atoms with Crippen LogP contribution in [0.3, 0.4) is 0 Å². The van der Waals surface area contributed by atoms with Gasteiger partial charge >= 0.3 is 0 Å². The van der Waals surface area contributed by atoms with Gasteiger partial charge in [-0.1, -0.05) is 29.8 Å². The first-order chi connectivity index (χ1) is 14.4. The number of amides is 1. The van der Waals surface area contributed by atoms with Gasteiger partial charge in [0.1, 0.15) is 17.2 Å². The number of aromatic amines is 1. The summed E-state index contributed by atoms with van der Waals surface area (Å²) in [5, 5.41) is 1.26. The van der Waals surface area contributed by atoms with E-state index in [1.807, 2.05) is 30.5 Å². The van der Waals surface area contributed by atoms with Crippen LogP contribution in [-0.4, -0.2) is 47.0 Å². The van der Waals surface area contributed by atoms with E-state index in [0.29, 0.717) is 27.4 Å². The molecule has 7 nitrogen and oxygen atoms in total. The van der Waals surface area contributed by atoms with Gasteiger partial charge in [-0.05, 0) is 12.1 Å². The molecule has 0 aliphatic heterocycles. The Morgan fingerprint density at radius 2 is 1.90 bits per heavy atom. The molecule has 0 unspecified atom stereocenters. The highest BCUT2D eigenvalue weighted by atomic mass is 35.5. The lowest BCUT2D eigenvalue weighted by atomic mass is 10.0. The number of hydrogen-bond donors (Lipinski definition) is 2. The predicted octanol–water partition coefficient (Wildman–Crippen LogP) is 4.24. The van der Waals surface area contributed by atoms with E-state index in [1.165, 1.54) is 4.90 Å². The Morgan fingerprint density at radius 1 is 1.13 bits per heavy atom. The first kappa shape index (κ1) is 19.7. The second-order valence-corrected chi connectivity index (χ2v) is 7.35. The van der Waals surface area contributed by atoms with Crippen LogP contribution in [0.25, 0.3) is 33.3 Å². The van der Waals surface area contributed by atoms with Crippen LogP contribution in [0.4, 0.5) is 5.82 Å². The number of pyridine rings is 2. The number of fused-ring (bicyclic) bond motifs is 1. The minimum atomic E-state index is -0.233. The summed E-state index contributed by atoms with van der Waals surface area (Å²) in [6.45, 7) is 0. The fourth-order valence-corrected chi connectivity index (χ4v) is 3.72. The molecule has 30 heavy (non-hydrogen) atoms. The summed E-state index contributed by atoms with van der Waals surface area (Å²) < 4.78 is 5.51. The molecule has 1 amide bonds. The van der Waals surface area contributed by atoms with Crippen molar-refractivity contribution in [3.8, 4) is 28.0 Å². The fraction of sp³-hybridized carbons (Fsp3) is 0.136. The Hall–Kier alpha value is -3.58. The van der Waals surface area contributed by atoms with Gasteiger partial charge in [-0.3, -0.25) is 4.79 Å². The van der Waals surface area contributed by atoms with Crippen LogP contribution in [0.15, 0.2) is 48.9 Å². The molecule has 8 heteroatoms. The minimum Gasteiger partial charge on any atom is -0.496 e. The van der Waals surface area contributed by atoms with E-state index < -0.39 is 0 Å². The van der Waals surface area contributed by atoms with Crippen LogP contribution in [0.2, 0.25) is 5.02 Å². The van der Waals surface area contributed by atoms with E-state index in [9.17, 15) is 4.79 Å². The molecule has 0 bridgehead atoms. The number of nitrogens with one attached hydrogen (secondary N) is 1. The number of H-pyrrole nitrogens is 1. The maximum Gasteiger partial charge on any atom is 0.257 e. The van der Waals surface area contributed by atoms with Crippen molar-refractivity contribution in [2.75, 3.05) is 26.9 Å². The third-order valence-electron chi connectivity index (χ3n) is 4.90. The third kappa shape index (κ3) is 3.23. The lowest BCUT2D eigenvalue weighted by Crippen LogP contribution is -2.23. The first-order valence-electron chi connectivity index (χ1n) is 9.19. The summed E-state index contributed by atoms with van der Waals surface area (Å²) in [6.07, 6.45) is 5.10. The average Bonchev–Trinajstić information content (AvgIpc) is 3.19. The van der Waals surface area contributed by atoms with Crippen molar-refractivity contribution >= 4 is 34.4 Å². The number of ether oxygens (including phenoxy) is 1. The smallest absolute Gasteiger partial charge is 0.257 e. The van der Waals surface area contributed by atoms with Gasteiger partial charge in [-0.2, -0.15) is 0 Å². The Kier molecular flexibility index (Phi) is 5.05. The Bertz CT molecular complexity index is 1270. The standard InChI is InChI=1S/C22H20ClN5O2/c1-28(2)22(29)14-8-12(9-25-20(14)24)15-10-26-21-18(19(15)23)16(11-27-21)13-6-4-5-7-17(13)30-3/h4-11H,1-3H3,(H2,24,25)(H,26,27). The number of anilines is 1. The van der Waals surface area contributed by atoms with E-state index in [2.05, 4.69) is 15.0 Å². The Balaban J connectivity index is 1.92. The van der Waals surface area contributed by atoms with E-state index in [-0.39, 0.29) is 11.7 Å². The predicted molar refractivity (Wildman–Crippen MR) is 119 cm³/mol. The fourth-order valence-electron chi connectivity index (χ4n) is 3.37. The number of carbonyl (C=O) groups excluding carboxylic acids is 1. The summed E-state index contributed by atoms with van der Waals surface area (Å²) in [4.78, 5) is 25.8. The average molecular weight is 422 g/mol. The van der Waals surface area contributed by atoms with E-state index in [4.69, 9.17) is 22.1 Å². The van der Waals surface area contributed by atoms with Crippen molar-refractivity contribution in [3.05, 3.63) is 59.5 Å². The topological polar surface area (TPSA) is 97.1 Å². The Labute approximate surface area is 178 Å². The largest absolute Gasteiger partial charge is 0.496 e. The molecule has 4 aromatic rings. The lowest BCUT2D eigenvalue weighted by molar-refractivity contribution is 0.0828. The summed E-state index contributed by atoms with van der Waals surface area (Å²) in [5.74, 6) is 0.662. The van der Waals surface area contributed by atoms with Gasteiger partial charge in [0.15, 0.2) is 0 Å². The van der Waals surface area contributed by atoms with Gasteiger partial charge < -0.3 is 20.4 Å². The lowest BCUT2D eigenvalue weighted by Gasteiger charge is -2.14. The van der Waals surface area contributed by atoms with Crippen molar-refractivity contribution in [2.45, 2.75) is 0 Å². The molecule has 3 aromatic heterocycles. The number of aromatic nitrogens is 3. The summed E-state index contributed by atoms with van der Waals surface area (Å²) in [6, 6.07) is 9.39. The molecule has 4 rings (SSSR count). The van der Waals surface area contributed by atoms with Crippen molar-refractivity contribution in [1.82, 2.24) is 19.9 Å². The highest BCUT2D eigenvalue weighted by molar-refractivity contribution is 6.39. The zero-order valence-electron chi connectivity index (χ0n) is 16.7. The molecule has 0 aliphatic carbocycles. The molecule has 0 saturated carbocycles. The monoisotopic (exact) mass is 421 g/mol. The SMILES string of the molecule is COc1ccccc1-c1c[nH]c2ncc(-c3cnc(N)c(C(=O)N(C)C)c3)c(Cl)c12. The molecule has 1 aromatic carbocycles. The van der Waals surface area contributed by atoms with Gasteiger partial charge in [0.25, 0.3) is 5.91 Å². The molecule has 3 heterocycles. The molecule has 0 fully saturated rings. The quantitative estimate of drug-likeness (QED) is 0.513. The van der Waals surface area contributed by atoms with Crippen LogP contribution in [0.5, 0.6) is 5.75 Å². The molecule has 152 valence electrons. The summed E-state index contributed by atoms with van der Waals surface area (Å²) in [7, 11) is 4.95. The van der Waals surface area contributed by atoms with Crippen LogP contribution >= 0.6 is 11.6 Å². The number of methoxy groups -OCH3 is 1. The van der Waals surface area contributed by atoms with Gasteiger partial charge in [0.2, 0.25) is 0 Å². The molecular formula is C22H20ClN5O2. The number of rotatable bonds is 4. The zero-order valence-corrected chi connectivity index (χ0v) is 17.5. The van der Waals surface area contributed by atoms with Gasteiger partial charge in [-0.15, -0.1) is 0 Å². The second kappa shape index (κ2) is 7.68. The maximum atomic E-state index is 12.5. The number of benzene rings is 1.